The van der Waals surface area contributed by atoms with Gasteiger partial charge < -0.3 is 13.9 Å². The number of carbonyl (C=O) groups is 2. The van der Waals surface area contributed by atoms with E-state index >= 15 is 0 Å². The lowest BCUT2D eigenvalue weighted by molar-refractivity contribution is 0.101. The summed E-state index contributed by atoms with van der Waals surface area (Å²) in [5, 5.41) is 0. The van der Waals surface area contributed by atoms with E-state index in [0.29, 0.717) is 28.4 Å². The average molecular weight is 437 g/mol. The van der Waals surface area contributed by atoms with Crippen LogP contribution in [0.3, 0.4) is 0 Å². The summed E-state index contributed by atoms with van der Waals surface area (Å²) in [6, 6.07) is 26.7. The molecule has 6 nitrogen and oxygen atoms in total. The molecule has 0 unspecified atom stereocenters. The Labute approximate surface area is 190 Å². The van der Waals surface area contributed by atoms with Crippen LogP contribution in [-0.4, -0.2) is 11.9 Å². The fourth-order valence-corrected chi connectivity index (χ4v) is 3.55. The second kappa shape index (κ2) is 8.51. The van der Waals surface area contributed by atoms with Crippen LogP contribution < -0.4 is 14.4 Å². The van der Waals surface area contributed by atoms with Crippen LogP contribution in [0.5, 0.6) is 11.5 Å². The average Bonchev–Trinajstić information content (AvgIpc) is 3.37. The van der Waals surface area contributed by atoms with Crippen molar-refractivity contribution in [2.45, 2.75) is 6.92 Å². The number of aryl methyl sites for hydroxylation is 1. The molecule has 0 fully saturated rings. The maximum atomic E-state index is 13.2. The van der Waals surface area contributed by atoms with Crippen LogP contribution in [0, 0.1) is 6.92 Å². The van der Waals surface area contributed by atoms with E-state index in [-0.39, 0.29) is 17.3 Å². The van der Waals surface area contributed by atoms with Gasteiger partial charge >= 0.3 is 6.09 Å². The van der Waals surface area contributed by atoms with Gasteiger partial charge in [0.05, 0.1) is 16.9 Å². The second-order valence-electron chi connectivity index (χ2n) is 7.42. The van der Waals surface area contributed by atoms with Crippen molar-refractivity contribution in [3.63, 3.8) is 0 Å². The van der Waals surface area contributed by atoms with Gasteiger partial charge in [0.1, 0.15) is 23.0 Å². The molecule has 1 aliphatic rings. The number of Topliss-reactive ketones (excluding diaryl/α,β-unsaturated/α-hetero) is 1. The topological polar surface area (TPSA) is 69.0 Å². The highest BCUT2D eigenvalue weighted by Gasteiger charge is 2.29. The predicted molar refractivity (Wildman–Crippen MR) is 124 cm³/mol. The minimum atomic E-state index is -0.585. The first-order valence-electron chi connectivity index (χ1n) is 10.4. The summed E-state index contributed by atoms with van der Waals surface area (Å²) in [7, 11) is 0. The fraction of sp³-hybridized carbons (Fsp3) is 0.0370. The maximum absolute atomic E-state index is 13.2. The Kier molecular flexibility index (Phi) is 5.24. The number of allylic oxidation sites excluding steroid dienone is 1. The summed E-state index contributed by atoms with van der Waals surface area (Å²) in [4.78, 5) is 27.3. The molecule has 0 bridgehead atoms. The number of anilines is 2. The van der Waals surface area contributed by atoms with Crippen LogP contribution in [0.1, 0.15) is 21.9 Å². The van der Waals surface area contributed by atoms with Crippen molar-refractivity contribution in [3.05, 3.63) is 114 Å². The maximum Gasteiger partial charge on any atom is 0.424 e. The molecule has 1 aliphatic heterocycles. The van der Waals surface area contributed by atoms with Crippen molar-refractivity contribution >= 4 is 29.3 Å². The first-order valence-corrected chi connectivity index (χ1v) is 10.4. The number of furan rings is 1. The van der Waals surface area contributed by atoms with E-state index in [9.17, 15) is 9.59 Å². The van der Waals surface area contributed by atoms with E-state index in [1.54, 1.807) is 24.3 Å². The standard InChI is InChI=1S/C27H19NO5/c1-18-12-13-21(31-18)17-25-26(29)23-15-14-22(16-24(23)33-25)32-27(30)28(19-8-4-2-5-9-19)20-10-6-3-7-11-20/h2-17H,1H3/b25-17-. The molecule has 5 rings (SSSR count). The Bertz CT molecular complexity index is 1320. The number of hydrogen-bond acceptors (Lipinski definition) is 5. The molecule has 162 valence electrons. The lowest BCUT2D eigenvalue weighted by atomic mass is 10.1. The van der Waals surface area contributed by atoms with Gasteiger partial charge in [-0.2, -0.15) is 0 Å². The normalized spacial score (nSPS) is 13.5. The predicted octanol–water partition coefficient (Wildman–Crippen LogP) is 6.54. The molecular formula is C27H19NO5. The van der Waals surface area contributed by atoms with Crippen LogP contribution in [-0.2, 0) is 0 Å². The van der Waals surface area contributed by atoms with Gasteiger partial charge in [-0.25, -0.2) is 9.69 Å². The summed E-state index contributed by atoms with van der Waals surface area (Å²) >= 11 is 0. The van der Waals surface area contributed by atoms with Gasteiger partial charge in [0.2, 0.25) is 5.78 Å². The Balaban J connectivity index is 1.40. The lowest BCUT2D eigenvalue weighted by Gasteiger charge is -2.22. The van der Waals surface area contributed by atoms with Crippen molar-refractivity contribution in [1.82, 2.24) is 0 Å². The Hall–Kier alpha value is -4.58. The number of para-hydroxylation sites is 2. The number of ether oxygens (including phenoxy) is 2. The molecule has 33 heavy (non-hydrogen) atoms. The third-order valence-corrected chi connectivity index (χ3v) is 5.09. The molecule has 0 spiro atoms. The van der Waals surface area contributed by atoms with Crippen LogP contribution in [0.15, 0.2) is 101 Å². The quantitative estimate of drug-likeness (QED) is 0.339. The third kappa shape index (κ3) is 4.14. The van der Waals surface area contributed by atoms with Gasteiger partial charge in [-0.05, 0) is 55.5 Å². The zero-order chi connectivity index (χ0) is 22.8. The molecule has 0 saturated carbocycles. The zero-order valence-electron chi connectivity index (χ0n) is 17.7. The number of nitrogens with zero attached hydrogens (tertiary/aromatic N) is 1. The third-order valence-electron chi connectivity index (χ3n) is 5.09. The number of carbonyl (C=O) groups excluding carboxylic acids is 2. The van der Waals surface area contributed by atoms with Crippen LogP contribution in [0.25, 0.3) is 6.08 Å². The number of fused-ring (bicyclic) bond motifs is 1. The molecule has 0 radical (unpaired) electrons. The van der Waals surface area contributed by atoms with Crippen LogP contribution >= 0.6 is 0 Å². The van der Waals surface area contributed by atoms with Gasteiger partial charge in [-0.1, -0.05) is 36.4 Å². The monoisotopic (exact) mass is 437 g/mol. The van der Waals surface area contributed by atoms with Gasteiger partial charge in [0.15, 0.2) is 5.76 Å². The number of benzene rings is 3. The Morgan fingerprint density at radius 1 is 0.879 bits per heavy atom. The van der Waals surface area contributed by atoms with Gasteiger partial charge in [-0.3, -0.25) is 4.79 Å². The van der Waals surface area contributed by atoms with Gasteiger partial charge in [-0.15, -0.1) is 0 Å². The molecule has 0 saturated heterocycles. The van der Waals surface area contributed by atoms with Crippen LogP contribution in [0.2, 0.25) is 0 Å². The van der Waals surface area contributed by atoms with E-state index in [0.717, 1.165) is 5.76 Å². The summed E-state index contributed by atoms with van der Waals surface area (Å²) in [6.07, 6.45) is 0.964. The van der Waals surface area contributed by atoms with Crippen molar-refractivity contribution in [2.75, 3.05) is 4.90 Å². The molecule has 6 heteroatoms. The first kappa shape index (κ1) is 20.3. The first-order chi connectivity index (χ1) is 16.1. The van der Waals surface area contributed by atoms with Crippen LogP contribution in [0.4, 0.5) is 16.2 Å². The van der Waals surface area contributed by atoms with Crippen molar-refractivity contribution in [3.8, 4) is 11.5 Å². The fourth-order valence-electron chi connectivity index (χ4n) is 3.55. The molecule has 0 aliphatic carbocycles. The smallest absolute Gasteiger partial charge is 0.424 e. The largest absolute Gasteiger partial charge is 0.462 e. The molecule has 4 aromatic rings. The molecule has 1 aromatic heterocycles. The van der Waals surface area contributed by atoms with E-state index in [2.05, 4.69) is 0 Å². The summed E-state index contributed by atoms with van der Waals surface area (Å²) < 4.78 is 16.9. The van der Waals surface area contributed by atoms with Gasteiger partial charge in [0, 0.05) is 12.1 Å². The SMILES string of the molecule is Cc1ccc(/C=C2\Oc3cc(OC(=O)N(c4ccccc4)c4ccccc4)ccc3C2=O)o1. The number of amides is 1. The van der Waals surface area contributed by atoms with Gasteiger partial charge in [0.25, 0.3) is 0 Å². The molecule has 3 aromatic carbocycles. The van der Waals surface area contributed by atoms with Crippen molar-refractivity contribution < 1.29 is 23.5 Å². The highest BCUT2D eigenvalue weighted by Crippen LogP contribution is 2.36. The highest BCUT2D eigenvalue weighted by atomic mass is 16.6. The highest BCUT2D eigenvalue weighted by molar-refractivity contribution is 6.14. The van der Waals surface area contributed by atoms with E-state index in [1.807, 2.05) is 73.7 Å². The molecule has 1 amide bonds. The lowest BCUT2D eigenvalue weighted by Crippen LogP contribution is -2.29. The van der Waals surface area contributed by atoms with E-state index < -0.39 is 6.09 Å². The summed E-state index contributed by atoms with van der Waals surface area (Å²) in [5.41, 5.74) is 1.73. The number of rotatable bonds is 4. The Morgan fingerprint density at radius 2 is 1.55 bits per heavy atom. The molecule has 2 heterocycles. The molecular weight excluding hydrogens is 418 g/mol. The van der Waals surface area contributed by atoms with Crippen molar-refractivity contribution in [1.29, 1.82) is 0 Å². The van der Waals surface area contributed by atoms with E-state index in [4.69, 9.17) is 13.9 Å². The van der Waals surface area contributed by atoms with Crippen molar-refractivity contribution in [2.24, 2.45) is 0 Å². The minimum Gasteiger partial charge on any atom is -0.462 e. The number of ketones is 1. The summed E-state index contributed by atoms with van der Waals surface area (Å²) in [5.74, 6) is 1.74. The summed E-state index contributed by atoms with van der Waals surface area (Å²) in [6.45, 7) is 1.82. The Morgan fingerprint density at radius 3 is 2.15 bits per heavy atom. The van der Waals surface area contributed by atoms with E-state index in [1.165, 1.54) is 11.0 Å². The molecule has 0 atom stereocenters. The number of hydrogen-bond donors (Lipinski definition) is 0. The minimum absolute atomic E-state index is 0.151. The molecule has 0 N–H and O–H groups in total. The second-order valence-corrected chi connectivity index (χ2v) is 7.42. The zero-order valence-corrected chi connectivity index (χ0v) is 17.7.